The van der Waals surface area contributed by atoms with Gasteiger partial charge in [0, 0.05) is 13.6 Å². The van der Waals surface area contributed by atoms with E-state index >= 15 is 0 Å². The Kier molecular flexibility index (Phi) is 4.04. The Morgan fingerprint density at radius 3 is 2.88 bits per heavy atom. The molecular weight excluding hydrogens is 344 g/mol. The van der Waals surface area contributed by atoms with Gasteiger partial charge in [0.05, 0.1) is 11.3 Å². The summed E-state index contributed by atoms with van der Waals surface area (Å²) in [6.45, 7) is 0.583. The lowest BCUT2D eigenvalue weighted by atomic mass is 10.0. The molecular formula is C15H16N6O3S. The molecule has 2 aromatic rings. The number of nitrogens with one attached hydrogen (secondary N) is 1. The number of hydrogen-bond donors (Lipinski definition) is 1. The Morgan fingerprint density at radius 1 is 1.40 bits per heavy atom. The van der Waals surface area contributed by atoms with E-state index in [1.807, 2.05) is 30.3 Å². The van der Waals surface area contributed by atoms with Crippen molar-refractivity contribution in [3.05, 3.63) is 35.9 Å². The average molecular weight is 360 g/mol. The van der Waals surface area contributed by atoms with E-state index in [1.54, 1.807) is 11.7 Å². The summed E-state index contributed by atoms with van der Waals surface area (Å²) >= 11 is 1.45. The van der Waals surface area contributed by atoms with Gasteiger partial charge in [-0.2, -0.15) is 0 Å². The Hall–Kier alpha value is -2.62. The maximum absolute atomic E-state index is 12.4. The second-order valence-electron chi connectivity index (χ2n) is 5.91. The molecule has 0 saturated carbocycles. The van der Waals surface area contributed by atoms with Crippen molar-refractivity contribution in [1.82, 2.24) is 30.4 Å². The number of rotatable bonds is 4. The molecule has 3 heterocycles. The van der Waals surface area contributed by atoms with Crippen LogP contribution in [0, 0.1) is 0 Å². The molecule has 1 unspecified atom stereocenters. The highest BCUT2D eigenvalue weighted by molar-refractivity contribution is 7.99. The molecule has 4 rings (SSSR count). The number of amides is 2. The lowest BCUT2D eigenvalue weighted by Gasteiger charge is -2.36. The molecule has 2 saturated heterocycles. The summed E-state index contributed by atoms with van der Waals surface area (Å²) in [5.74, 6) is -0.152. The largest absolute Gasteiger partial charge is 0.445 e. The van der Waals surface area contributed by atoms with Crippen molar-refractivity contribution >= 4 is 23.8 Å². The maximum atomic E-state index is 12.4. The molecule has 2 fully saturated rings. The highest BCUT2D eigenvalue weighted by atomic mass is 32.2. The number of carbonyl (C=O) groups excluding carboxylic acids is 2. The maximum Gasteiger partial charge on any atom is 0.410 e. The van der Waals surface area contributed by atoms with Gasteiger partial charge < -0.3 is 10.1 Å². The summed E-state index contributed by atoms with van der Waals surface area (Å²) in [7, 11) is 1.75. The molecule has 0 bridgehead atoms. The number of aromatic nitrogens is 4. The first-order valence-electron chi connectivity index (χ1n) is 7.80. The van der Waals surface area contributed by atoms with Crippen molar-refractivity contribution < 1.29 is 14.3 Å². The van der Waals surface area contributed by atoms with E-state index in [4.69, 9.17) is 4.74 Å². The summed E-state index contributed by atoms with van der Waals surface area (Å²) in [4.78, 5) is 25.8. The fraction of sp³-hybridized carbons (Fsp3) is 0.400. The topological polar surface area (TPSA) is 102 Å². The zero-order chi connectivity index (χ0) is 17.4. The first-order valence-corrected chi connectivity index (χ1v) is 8.68. The van der Waals surface area contributed by atoms with Gasteiger partial charge in [0.15, 0.2) is 0 Å². The lowest BCUT2D eigenvalue weighted by Crippen LogP contribution is -2.66. The minimum absolute atomic E-state index is 0.0170. The van der Waals surface area contributed by atoms with Crippen molar-refractivity contribution in [2.45, 2.75) is 29.1 Å². The van der Waals surface area contributed by atoms with Crippen LogP contribution in [-0.4, -0.2) is 61.0 Å². The monoisotopic (exact) mass is 360 g/mol. The van der Waals surface area contributed by atoms with Gasteiger partial charge in [-0.25, -0.2) is 9.48 Å². The third-order valence-corrected chi connectivity index (χ3v) is 5.61. The highest BCUT2D eigenvalue weighted by Gasteiger charge is 2.56. The van der Waals surface area contributed by atoms with Crippen LogP contribution in [0.4, 0.5) is 4.79 Å². The smallest absolute Gasteiger partial charge is 0.410 e. The van der Waals surface area contributed by atoms with Crippen LogP contribution in [0.5, 0.6) is 0 Å². The number of β-lactam (4-membered cyclic amide) rings is 1. The molecule has 1 N–H and O–H groups in total. The second kappa shape index (κ2) is 6.36. The van der Waals surface area contributed by atoms with Gasteiger partial charge in [-0.3, -0.25) is 9.69 Å². The summed E-state index contributed by atoms with van der Waals surface area (Å²) < 4.78 is 6.94. The van der Waals surface area contributed by atoms with Gasteiger partial charge in [-0.05, 0) is 16.0 Å². The molecule has 25 heavy (non-hydrogen) atoms. The Balaban J connectivity index is 1.42. The predicted octanol–water partition coefficient (Wildman–Crippen LogP) is 0.190. The van der Waals surface area contributed by atoms with E-state index in [-0.39, 0.29) is 23.8 Å². The number of fused-ring (bicyclic) bond motifs is 1. The van der Waals surface area contributed by atoms with Crippen LogP contribution >= 0.6 is 11.8 Å². The molecule has 0 spiro atoms. The predicted molar refractivity (Wildman–Crippen MR) is 87.5 cm³/mol. The van der Waals surface area contributed by atoms with E-state index in [1.165, 1.54) is 16.7 Å². The number of carbonyl (C=O) groups is 2. The highest BCUT2D eigenvalue weighted by Crippen LogP contribution is 2.36. The third-order valence-electron chi connectivity index (χ3n) is 4.31. The molecule has 2 amide bonds. The summed E-state index contributed by atoms with van der Waals surface area (Å²) in [6, 6.07) is 8.84. The van der Waals surface area contributed by atoms with E-state index in [0.717, 1.165) is 5.56 Å². The van der Waals surface area contributed by atoms with E-state index in [2.05, 4.69) is 20.8 Å². The standard InChI is InChI=1S/C15H16N6O3S/c1-20-14(17-18-19-20)25-10-7-21(12-11(10)16-13(12)22)15(23)24-8-9-5-3-2-4-6-9/h2-6,10-12H,7-8H2,1H3,(H,16,22)/t10?,11-,12+/m1/s1. The summed E-state index contributed by atoms with van der Waals surface area (Å²) in [5, 5.41) is 14.8. The van der Waals surface area contributed by atoms with Crippen molar-refractivity contribution in [3.8, 4) is 0 Å². The quantitative estimate of drug-likeness (QED) is 0.777. The molecule has 0 aliphatic carbocycles. The van der Waals surface area contributed by atoms with Crippen molar-refractivity contribution in [1.29, 1.82) is 0 Å². The number of benzene rings is 1. The van der Waals surface area contributed by atoms with Crippen LogP contribution in [0.25, 0.3) is 0 Å². The third kappa shape index (κ3) is 2.93. The average Bonchev–Trinajstić information content (AvgIpc) is 3.14. The van der Waals surface area contributed by atoms with Gasteiger partial charge in [-0.1, -0.05) is 42.1 Å². The van der Waals surface area contributed by atoms with Gasteiger partial charge in [-0.15, -0.1) is 5.10 Å². The van der Waals surface area contributed by atoms with Crippen LogP contribution in [0.15, 0.2) is 35.5 Å². The van der Waals surface area contributed by atoms with Crippen molar-refractivity contribution in [2.75, 3.05) is 6.54 Å². The number of hydrogen-bond acceptors (Lipinski definition) is 7. The van der Waals surface area contributed by atoms with Crippen LogP contribution < -0.4 is 5.32 Å². The molecule has 9 nitrogen and oxygen atoms in total. The number of thioether (sulfide) groups is 1. The second-order valence-corrected chi connectivity index (χ2v) is 7.12. The molecule has 1 aromatic carbocycles. The Morgan fingerprint density at radius 2 is 2.20 bits per heavy atom. The van der Waals surface area contributed by atoms with E-state index in [9.17, 15) is 9.59 Å². The van der Waals surface area contributed by atoms with Crippen LogP contribution in [0.2, 0.25) is 0 Å². The minimum atomic E-state index is -0.484. The Bertz CT molecular complexity index is 798. The number of tetrazole rings is 1. The van der Waals surface area contributed by atoms with E-state index < -0.39 is 12.1 Å². The van der Waals surface area contributed by atoms with Gasteiger partial charge in [0.2, 0.25) is 11.1 Å². The molecule has 130 valence electrons. The van der Waals surface area contributed by atoms with Crippen molar-refractivity contribution in [2.24, 2.45) is 7.05 Å². The van der Waals surface area contributed by atoms with E-state index in [0.29, 0.717) is 11.7 Å². The number of aryl methyl sites for hydroxylation is 1. The summed E-state index contributed by atoms with van der Waals surface area (Å²) in [6.07, 6.45) is -0.479. The lowest BCUT2D eigenvalue weighted by molar-refractivity contribution is -0.133. The molecule has 1 aromatic heterocycles. The van der Waals surface area contributed by atoms with Crippen LogP contribution in [-0.2, 0) is 23.2 Å². The zero-order valence-electron chi connectivity index (χ0n) is 13.4. The fourth-order valence-electron chi connectivity index (χ4n) is 3.01. The van der Waals surface area contributed by atoms with Crippen molar-refractivity contribution in [3.63, 3.8) is 0 Å². The minimum Gasteiger partial charge on any atom is -0.445 e. The summed E-state index contributed by atoms with van der Waals surface area (Å²) in [5.41, 5.74) is 0.903. The van der Waals surface area contributed by atoms with Crippen LogP contribution in [0.1, 0.15) is 5.56 Å². The molecule has 2 aliphatic rings. The number of nitrogens with zero attached hydrogens (tertiary/aromatic N) is 5. The molecule has 10 heteroatoms. The first kappa shape index (κ1) is 15.9. The molecule has 2 aliphatic heterocycles. The number of likely N-dealkylation sites (tertiary alicyclic amines) is 1. The van der Waals surface area contributed by atoms with Gasteiger partial charge in [0.25, 0.3) is 0 Å². The first-order chi connectivity index (χ1) is 12.1. The normalized spacial score (nSPS) is 24.4. The fourth-order valence-corrected chi connectivity index (χ4v) is 4.15. The molecule has 0 radical (unpaired) electrons. The van der Waals surface area contributed by atoms with Gasteiger partial charge in [0.1, 0.15) is 12.6 Å². The SMILES string of the molecule is Cn1nnnc1SC1CN(C(=O)OCc2ccccc2)[C@@H]2C(=O)N[C@H]12. The number of ether oxygens (including phenoxy) is 1. The Labute approximate surface area is 147 Å². The van der Waals surface area contributed by atoms with Gasteiger partial charge >= 0.3 is 6.09 Å². The van der Waals surface area contributed by atoms with Crippen LogP contribution in [0.3, 0.4) is 0 Å². The molecule has 3 atom stereocenters. The zero-order valence-corrected chi connectivity index (χ0v) is 14.2.